The standard InChI is InChI=1S/C19H21N3O4S.C2HF3O2/c1-14-7-8-15(20-11-14)18(23)22-10-9-19(13-22)12-21(2)27(24,25)17-6-4-3-5-16(17)26-19;3-2(4,5)1(6)7/h3-8,11H,9-10,12-13H2,1-2H3;(H,6,7). The second kappa shape index (κ2) is 9.22. The molecule has 4 rings (SSSR count). The smallest absolute Gasteiger partial charge is 0.483 e. The van der Waals surface area contributed by atoms with Gasteiger partial charge in [0.2, 0.25) is 10.0 Å². The Labute approximate surface area is 193 Å². The molecule has 0 saturated carbocycles. The van der Waals surface area contributed by atoms with Gasteiger partial charge < -0.3 is 14.7 Å². The minimum Gasteiger partial charge on any atom is -0.483 e. The van der Waals surface area contributed by atoms with Crippen molar-refractivity contribution in [3.63, 3.8) is 0 Å². The quantitative estimate of drug-likeness (QED) is 0.637. The molecule has 1 aromatic heterocycles. The number of rotatable bonds is 1. The first-order chi connectivity index (χ1) is 15.7. The van der Waals surface area contributed by atoms with Crippen LogP contribution in [0.2, 0.25) is 0 Å². The number of hydrogen-bond acceptors (Lipinski definition) is 6. The van der Waals surface area contributed by atoms with E-state index in [1.807, 2.05) is 13.0 Å². The molecule has 1 aromatic carbocycles. The summed E-state index contributed by atoms with van der Waals surface area (Å²) in [7, 11) is -2.07. The minimum absolute atomic E-state index is 0.161. The van der Waals surface area contributed by atoms with E-state index in [4.69, 9.17) is 14.6 Å². The molecule has 2 aromatic rings. The predicted molar refractivity (Wildman–Crippen MR) is 113 cm³/mol. The van der Waals surface area contributed by atoms with E-state index in [-0.39, 0.29) is 17.3 Å². The number of alkyl halides is 3. The summed E-state index contributed by atoms with van der Waals surface area (Å²) in [6.07, 6.45) is -2.86. The normalized spacial score (nSPS) is 21.6. The summed E-state index contributed by atoms with van der Waals surface area (Å²) in [5.74, 6) is -2.59. The van der Waals surface area contributed by atoms with Gasteiger partial charge in [0.25, 0.3) is 5.91 Å². The van der Waals surface area contributed by atoms with Crippen LogP contribution in [0.15, 0.2) is 47.5 Å². The third-order valence-electron chi connectivity index (χ3n) is 5.35. The van der Waals surface area contributed by atoms with Gasteiger partial charge in [-0.15, -0.1) is 0 Å². The van der Waals surface area contributed by atoms with Crippen LogP contribution in [0.1, 0.15) is 22.5 Å². The van der Waals surface area contributed by atoms with E-state index in [0.29, 0.717) is 31.0 Å². The zero-order valence-electron chi connectivity index (χ0n) is 18.2. The molecule has 1 amide bonds. The molecule has 1 unspecified atom stereocenters. The van der Waals surface area contributed by atoms with Crippen LogP contribution in [-0.2, 0) is 14.8 Å². The molecular weight excluding hydrogens is 479 g/mol. The molecule has 1 saturated heterocycles. The zero-order chi connectivity index (χ0) is 25.3. The van der Waals surface area contributed by atoms with E-state index in [9.17, 15) is 26.4 Å². The molecule has 1 fully saturated rings. The lowest BCUT2D eigenvalue weighted by molar-refractivity contribution is -0.192. The highest BCUT2D eigenvalue weighted by Crippen LogP contribution is 2.38. The number of likely N-dealkylation sites (N-methyl/N-ethyl adjacent to an activating group) is 1. The maximum absolute atomic E-state index is 12.8. The van der Waals surface area contributed by atoms with Crippen molar-refractivity contribution in [3.8, 4) is 5.75 Å². The maximum atomic E-state index is 12.8. The molecule has 0 radical (unpaired) electrons. The number of carboxylic acid groups (broad SMARTS) is 1. The van der Waals surface area contributed by atoms with Gasteiger partial charge >= 0.3 is 12.1 Å². The number of hydrogen-bond donors (Lipinski definition) is 1. The molecule has 3 heterocycles. The van der Waals surface area contributed by atoms with Crippen molar-refractivity contribution in [2.75, 3.05) is 26.7 Å². The first-order valence-electron chi connectivity index (χ1n) is 10.0. The molecule has 9 nitrogen and oxygen atoms in total. The summed E-state index contributed by atoms with van der Waals surface area (Å²) in [5.41, 5.74) is 0.599. The van der Waals surface area contributed by atoms with Gasteiger partial charge in [0.15, 0.2) is 0 Å². The summed E-state index contributed by atoms with van der Waals surface area (Å²) in [5, 5.41) is 7.12. The number of halogens is 3. The van der Waals surface area contributed by atoms with Crippen LogP contribution in [0.3, 0.4) is 0 Å². The Morgan fingerprint density at radius 1 is 1.15 bits per heavy atom. The second-order valence-corrected chi connectivity index (χ2v) is 10.0. The fraction of sp³-hybridized carbons (Fsp3) is 0.381. The van der Waals surface area contributed by atoms with Crippen molar-refractivity contribution in [1.82, 2.24) is 14.2 Å². The van der Waals surface area contributed by atoms with Crippen LogP contribution in [0.4, 0.5) is 13.2 Å². The largest absolute Gasteiger partial charge is 0.490 e. The molecule has 0 aliphatic carbocycles. The molecule has 1 atom stereocenters. The third-order valence-corrected chi connectivity index (χ3v) is 7.19. The van der Waals surface area contributed by atoms with Crippen LogP contribution < -0.4 is 4.74 Å². The molecular formula is C21H22F3N3O6S. The third kappa shape index (κ3) is 5.30. The molecule has 2 aliphatic heterocycles. The number of sulfonamides is 1. The maximum Gasteiger partial charge on any atom is 0.490 e. The number of aryl methyl sites for hydroxylation is 1. The highest BCUT2D eigenvalue weighted by molar-refractivity contribution is 7.89. The van der Waals surface area contributed by atoms with Crippen molar-refractivity contribution in [3.05, 3.63) is 53.9 Å². The minimum atomic E-state index is -5.08. The number of pyridine rings is 1. The van der Waals surface area contributed by atoms with Gasteiger partial charge in [0.05, 0.1) is 13.1 Å². The molecule has 13 heteroatoms. The topological polar surface area (TPSA) is 117 Å². The Hall–Kier alpha value is -3.19. The lowest BCUT2D eigenvalue weighted by Crippen LogP contribution is -2.48. The number of benzene rings is 1. The highest BCUT2D eigenvalue weighted by atomic mass is 32.2. The van der Waals surface area contributed by atoms with Crippen molar-refractivity contribution >= 4 is 21.9 Å². The summed E-state index contributed by atoms with van der Waals surface area (Å²) in [6.45, 7) is 2.91. The van der Waals surface area contributed by atoms with Crippen molar-refractivity contribution in [2.45, 2.75) is 30.0 Å². The van der Waals surface area contributed by atoms with Gasteiger partial charge in [0.1, 0.15) is 21.9 Å². The molecule has 34 heavy (non-hydrogen) atoms. The van der Waals surface area contributed by atoms with Crippen LogP contribution in [0, 0.1) is 6.92 Å². The fourth-order valence-electron chi connectivity index (χ4n) is 3.66. The number of carbonyl (C=O) groups is 2. The molecule has 1 N–H and O–H groups in total. The number of aromatic nitrogens is 1. The predicted octanol–water partition coefficient (Wildman–Crippen LogP) is 2.32. The van der Waals surface area contributed by atoms with E-state index >= 15 is 0 Å². The van der Waals surface area contributed by atoms with E-state index < -0.39 is 27.8 Å². The van der Waals surface area contributed by atoms with Crippen LogP contribution in [0.25, 0.3) is 0 Å². The summed E-state index contributed by atoms with van der Waals surface area (Å²) < 4.78 is 64.8. The number of likely N-dealkylation sites (tertiary alicyclic amines) is 1. The molecule has 2 aliphatic rings. The van der Waals surface area contributed by atoms with E-state index in [1.54, 1.807) is 48.5 Å². The Morgan fingerprint density at radius 2 is 1.79 bits per heavy atom. The van der Waals surface area contributed by atoms with Gasteiger partial charge in [0, 0.05) is 26.2 Å². The van der Waals surface area contributed by atoms with Gasteiger partial charge in [-0.05, 0) is 30.7 Å². The van der Waals surface area contributed by atoms with E-state index in [2.05, 4.69) is 4.98 Å². The monoisotopic (exact) mass is 501 g/mol. The molecule has 1 spiro atoms. The van der Waals surface area contributed by atoms with Gasteiger partial charge in [-0.3, -0.25) is 9.78 Å². The van der Waals surface area contributed by atoms with Crippen LogP contribution >= 0.6 is 0 Å². The first kappa shape index (κ1) is 25.4. The van der Waals surface area contributed by atoms with Crippen molar-refractivity contribution in [2.24, 2.45) is 0 Å². The second-order valence-electron chi connectivity index (χ2n) is 7.99. The number of amides is 1. The zero-order valence-corrected chi connectivity index (χ0v) is 19.1. The van der Waals surface area contributed by atoms with Crippen molar-refractivity contribution in [1.29, 1.82) is 0 Å². The van der Waals surface area contributed by atoms with Gasteiger partial charge in [-0.1, -0.05) is 18.2 Å². The number of para-hydroxylation sites is 1. The number of nitrogens with zero attached hydrogens (tertiary/aromatic N) is 3. The van der Waals surface area contributed by atoms with Gasteiger partial charge in [-0.25, -0.2) is 13.2 Å². The average Bonchev–Trinajstić information content (AvgIpc) is 3.14. The number of carbonyl (C=O) groups excluding carboxylic acids is 1. The number of carboxylic acids is 1. The van der Waals surface area contributed by atoms with E-state index in [0.717, 1.165) is 5.56 Å². The number of ether oxygens (including phenoxy) is 1. The lowest BCUT2D eigenvalue weighted by atomic mass is 10.0. The summed E-state index contributed by atoms with van der Waals surface area (Å²) in [4.78, 5) is 27.8. The van der Waals surface area contributed by atoms with Crippen LogP contribution in [-0.4, -0.2) is 78.0 Å². The highest BCUT2D eigenvalue weighted by Gasteiger charge is 2.48. The van der Waals surface area contributed by atoms with Gasteiger partial charge in [-0.2, -0.15) is 17.5 Å². The Bertz CT molecular complexity index is 1190. The number of fused-ring (bicyclic) bond motifs is 1. The summed E-state index contributed by atoms with van der Waals surface area (Å²) in [6, 6.07) is 10.2. The van der Waals surface area contributed by atoms with Crippen molar-refractivity contribution < 1.29 is 41.0 Å². The van der Waals surface area contributed by atoms with E-state index in [1.165, 1.54) is 4.31 Å². The number of aliphatic carboxylic acids is 1. The SMILES string of the molecule is Cc1ccc(C(=O)N2CCC3(C2)CN(C)S(=O)(=O)c2ccccc2O3)nc1.O=C(O)C(F)(F)F. The molecule has 0 bridgehead atoms. The Balaban J connectivity index is 0.000000406. The lowest BCUT2D eigenvalue weighted by Gasteiger charge is -2.30. The molecule has 184 valence electrons. The first-order valence-corrected chi connectivity index (χ1v) is 11.5. The Morgan fingerprint density at radius 3 is 2.38 bits per heavy atom. The Kier molecular flexibility index (Phi) is 6.90. The fourth-order valence-corrected chi connectivity index (χ4v) is 5.01. The average molecular weight is 501 g/mol. The van der Waals surface area contributed by atoms with Crippen LogP contribution in [0.5, 0.6) is 5.75 Å². The summed E-state index contributed by atoms with van der Waals surface area (Å²) >= 11 is 0.